The molecule has 0 saturated heterocycles. The van der Waals surface area contributed by atoms with Crippen LogP contribution < -0.4 is 4.90 Å². The number of aromatic nitrogens is 4. The normalized spacial score (nSPS) is 13.5. The van der Waals surface area contributed by atoms with E-state index in [1.54, 1.807) is 0 Å². The van der Waals surface area contributed by atoms with Crippen molar-refractivity contribution in [1.82, 2.24) is 19.6 Å². The Bertz CT molecular complexity index is 1490. The van der Waals surface area contributed by atoms with Crippen LogP contribution >= 0.6 is 0 Å². The van der Waals surface area contributed by atoms with Crippen molar-refractivity contribution in [1.29, 1.82) is 0 Å². The van der Waals surface area contributed by atoms with Gasteiger partial charge in [-0.1, -0.05) is 54.6 Å². The number of nitrogens with zero attached hydrogens (tertiary/aromatic N) is 5. The van der Waals surface area contributed by atoms with Crippen LogP contribution in [-0.4, -0.2) is 31.9 Å². The monoisotopic (exact) mass is 419 g/mol. The second kappa shape index (κ2) is 7.27. The first kappa shape index (κ1) is 18.7. The molecule has 5 aromatic rings. The number of fused-ring (bicyclic) bond motifs is 4. The van der Waals surface area contributed by atoms with Crippen LogP contribution in [0.1, 0.15) is 32.9 Å². The Hall–Kier alpha value is -4.06. The van der Waals surface area contributed by atoms with Crippen molar-refractivity contribution in [3.8, 4) is 0 Å². The SMILES string of the molecule is Cc1nnc2c(N3CCc4ccccc4C3)nc3ccc(C(=O)c4ccccc4)cc3n12. The first-order valence-electron chi connectivity index (χ1n) is 10.8. The average Bonchev–Trinajstić information content (AvgIpc) is 3.25. The largest absolute Gasteiger partial charge is 0.349 e. The van der Waals surface area contributed by atoms with E-state index >= 15 is 0 Å². The molecule has 156 valence electrons. The fraction of sp³-hybridized carbons (Fsp3) is 0.154. The maximum Gasteiger partial charge on any atom is 0.204 e. The number of aryl methyl sites for hydroxylation is 1. The van der Waals surface area contributed by atoms with E-state index in [1.807, 2.05) is 59.9 Å². The standard InChI is InChI=1S/C26H21N5O/c1-17-28-29-26-25(30-14-13-18-7-5-6-10-21(18)16-30)27-22-12-11-20(15-23(22)31(17)26)24(32)19-8-3-2-4-9-19/h2-12,15H,13-14,16H2,1H3. The van der Waals surface area contributed by atoms with Crippen molar-refractivity contribution in [2.75, 3.05) is 11.4 Å². The molecule has 0 spiro atoms. The zero-order valence-corrected chi connectivity index (χ0v) is 17.7. The molecule has 0 saturated carbocycles. The van der Waals surface area contributed by atoms with Gasteiger partial charge in [0.25, 0.3) is 0 Å². The van der Waals surface area contributed by atoms with E-state index in [1.165, 1.54) is 11.1 Å². The van der Waals surface area contributed by atoms with Gasteiger partial charge >= 0.3 is 0 Å². The van der Waals surface area contributed by atoms with E-state index in [0.29, 0.717) is 11.1 Å². The number of ketones is 1. The van der Waals surface area contributed by atoms with Gasteiger partial charge in [0.2, 0.25) is 5.65 Å². The summed E-state index contributed by atoms with van der Waals surface area (Å²) in [5, 5.41) is 8.80. The van der Waals surface area contributed by atoms with E-state index in [9.17, 15) is 4.79 Å². The highest BCUT2D eigenvalue weighted by molar-refractivity contribution is 6.10. The predicted molar refractivity (Wildman–Crippen MR) is 124 cm³/mol. The molecule has 3 aromatic carbocycles. The molecule has 6 heteroatoms. The first-order chi connectivity index (χ1) is 15.7. The third kappa shape index (κ3) is 2.95. The Morgan fingerprint density at radius 2 is 1.66 bits per heavy atom. The van der Waals surface area contributed by atoms with E-state index in [0.717, 1.165) is 47.8 Å². The number of carbonyl (C=O) groups is 1. The highest BCUT2D eigenvalue weighted by Gasteiger charge is 2.23. The van der Waals surface area contributed by atoms with Gasteiger partial charge in [-0.05, 0) is 42.7 Å². The van der Waals surface area contributed by atoms with Gasteiger partial charge < -0.3 is 4.90 Å². The summed E-state index contributed by atoms with van der Waals surface area (Å²) in [7, 11) is 0. The molecular formula is C26H21N5O. The molecule has 0 bridgehead atoms. The van der Waals surface area contributed by atoms with E-state index in [4.69, 9.17) is 4.98 Å². The fourth-order valence-electron chi connectivity index (χ4n) is 4.54. The maximum absolute atomic E-state index is 13.0. The van der Waals surface area contributed by atoms with E-state index < -0.39 is 0 Å². The Morgan fingerprint density at radius 1 is 0.875 bits per heavy atom. The minimum atomic E-state index is -0.0110. The molecule has 0 radical (unpaired) electrons. The van der Waals surface area contributed by atoms with Gasteiger partial charge in [0.1, 0.15) is 5.82 Å². The number of hydrogen-bond donors (Lipinski definition) is 0. The van der Waals surface area contributed by atoms with E-state index in [-0.39, 0.29) is 5.78 Å². The van der Waals surface area contributed by atoms with Crippen LogP contribution in [-0.2, 0) is 13.0 Å². The van der Waals surface area contributed by atoms with Crippen molar-refractivity contribution >= 4 is 28.3 Å². The zero-order valence-electron chi connectivity index (χ0n) is 17.7. The molecule has 1 aliphatic rings. The highest BCUT2D eigenvalue weighted by Crippen LogP contribution is 2.29. The van der Waals surface area contributed by atoms with Crippen LogP contribution in [0, 0.1) is 6.92 Å². The van der Waals surface area contributed by atoms with Gasteiger partial charge in [-0.3, -0.25) is 9.20 Å². The van der Waals surface area contributed by atoms with Gasteiger partial charge in [0.15, 0.2) is 11.6 Å². The van der Waals surface area contributed by atoms with Crippen molar-refractivity contribution in [2.24, 2.45) is 0 Å². The average molecular weight is 419 g/mol. The summed E-state index contributed by atoms with van der Waals surface area (Å²) in [4.78, 5) is 20.3. The minimum absolute atomic E-state index is 0.0110. The number of carbonyl (C=O) groups excluding carboxylic acids is 1. The number of hydrogen-bond acceptors (Lipinski definition) is 5. The molecule has 6 rings (SSSR count). The quantitative estimate of drug-likeness (QED) is 0.406. The summed E-state index contributed by atoms with van der Waals surface area (Å²) in [6.07, 6.45) is 0.972. The van der Waals surface area contributed by atoms with Crippen LogP contribution in [0.25, 0.3) is 16.7 Å². The Balaban J connectivity index is 1.49. The molecule has 0 N–H and O–H groups in total. The molecule has 2 aromatic heterocycles. The maximum atomic E-state index is 13.0. The Morgan fingerprint density at radius 3 is 2.50 bits per heavy atom. The smallest absolute Gasteiger partial charge is 0.204 e. The lowest BCUT2D eigenvalue weighted by Gasteiger charge is -2.30. The van der Waals surface area contributed by atoms with Crippen molar-refractivity contribution in [2.45, 2.75) is 19.9 Å². The van der Waals surface area contributed by atoms with Crippen LogP contribution in [0.4, 0.5) is 5.82 Å². The molecule has 0 aliphatic carbocycles. The van der Waals surface area contributed by atoms with Gasteiger partial charge in [0.05, 0.1) is 11.0 Å². The summed E-state index contributed by atoms with van der Waals surface area (Å²) in [6.45, 7) is 3.60. The molecule has 0 atom stereocenters. The van der Waals surface area contributed by atoms with Crippen LogP contribution in [0.3, 0.4) is 0 Å². The molecule has 6 nitrogen and oxygen atoms in total. The molecule has 0 fully saturated rings. The third-order valence-corrected chi connectivity index (χ3v) is 6.20. The molecule has 0 amide bonds. The van der Waals surface area contributed by atoms with Gasteiger partial charge in [-0.25, -0.2) is 4.98 Å². The predicted octanol–water partition coefficient (Wildman–Crippen LogP) is 4.38. The topological polar surface area (TPSA) is 63.4 Å². The van der Waals surface area contributed by atoms with Gasteiger partial charge in [-0.2, -0.15) is 0 Å². The Labute approximate surface area is 185 Å². The lowest BCUT2D eigenvalue weighted by molar-refractivity contribution is 0.103. The lowest BCUT2D eigenvalue weighted by atomic mass is 10.00. The van der Waals surface area contributed by atoms with Crippen molar-refractivity contribution in [3.63, 3.8) is 0 Å². The molecule has 0 unspecified atom stereocenters. The lowest BCUT2D eigenvalue weighted by Crippen LogP contribution is -2.31. The fourth-order valence-corrected chi connectivity index (χ4v) is 4.54. The van der Waals surface area contributed by atoms with E-state index in [2.05, 4.69) is 39.4 Å². The summed E-state index contributed by atoms with van der Waals surface area (Å²) < 4.78 is 2.01. The molecular weight excluding hydrogens is 398 g/mol. The molecule has 32 heavy (non-hydrogen) atoms. The van der Waals surface area contributed by atoms with Crippen LogP contribution in [0.5, 0.6) is 0 Å². The summed E-state index contributed by atoms with van der Waals surface area (Å²) in [5.41, 5.74) is 6.38. The highest BCUT2D eigenvalue weighted by atomic mass is 16.1. The zero-order chi connectivity index (χ0) is 21.7. The summed E-state index contributed by atoms with van der Waals surface area (Å²) in [5.74, 6) is 1.59. The number of anilines is 1. The minimum Gasteiger partial charge on any atom is -0.349 e. The summed E-state index contributed by atoms with van der Waals surface area (Å²) >= 11 is 0. The van der Waals surface area contributed by atoms with Crippen molar-refractivity contribution < 1.29 is 4.79 Å². The second-order valence-corrected chi connectivity index (χ2v) is 8.18. The molecule has 1 aliphatic heterocycles. The molecule has 3 heterocycles. The first-order valence-corrected chi connectivity index (χ1v) is 10.8. The Kier molecular flexibility index (Phi) is 4.24. The van der Waals surface area contributed by atoms with Crippen molar-refractivity contribution in [3.05, 3.63) is 101 Å². The van der Waals surface area contributed by atoms with Gasteiger partial charge in [0, 0.05) is 24.2 Å². The van der Waals surface area contributed by atoms with Crippen LogP contribution in [0.15, 0.2) is 72.8 Å². The summed E-state index contributed by atoms with van der Waals surface area (Å²) in [6, 6.07) is 23.6. The third-order valence-electron chi connectivity index (χ3n) is 6.20. The number of rotatable bonds is 3. The van der Waals surface area contributed by atoms with Gasteiger partial charge in [-0.15, -0.1) is 10.2 Å². The van der Waals surface area contributed by atoms with Crippen LogP contribution in [0.2, 0.25) is 0 Å². The number of benzene rings is 3. The second-order valence-electron chi connectivity index (χ2n) is 8.18.